The molecular weight excluding hydrogens is 245 g/mol. The lowest BCUT2D eigenvalue weighted by Gasteiger charge is -2.25. The molecule has 0 bridgehead atoms. The first kappa shape index (κ1) is 14.8. The summed E-state index contributed by atoms with van der Waals surface area (Å²) in [6.45, 7) is 5.62. The Labute approximate surface area is 104 Å². The maximum Gasteiger partial charge on any atom is 0.416 e. The SMILES string of the molecule is CC(C)(C)C(O)COc1ccc(C(F)(F)F)cc1. The van der Waals surface area contributed by atoms with Crippen LogP contribution in [0.1, 0.15) is 26.3 Å². The Bertz CT molecular complexity index is 377. The number of halogens is 3. The van der Waals surface area contributed by atoms with Crippen molar-refractivity contribution in [2.75, 3.05) is 6.61 Å². The maximum absolute atomic E-state index is 12.3. The number of hydrogen-bond acceptors (Lipinski definition) is 2. The van der Waals surface area contributed by atoms with E-state index in [4.69, 9.17) is 4.74 Å². The zero-order chi connectivity index (χ0) is 14.0. The molecule has 0 heterocycles. The Balaban J connectivity index is 2.60. The van der Waals surface area contributed by atoms with Crippen LogP contribution in [0.2, 0.25) is 0 Å². The van der Waals surface area contributed by atoms with Gasteiger partial charge in [0.25, 0.3) is 0 Å². The predicted molar refractivity (Wildman–Crippen MR) is 62.4 cm³/mol. The first-order chi connectivity index (χ1) is 8.10. The Kier molecular flexibility index (Phi) is 4.27. The van der Waals surface area contributed by atoms with Crippen LogP contribution in [0.15, 0.2) is 24.3 Å². The Morgan fingerprint density at radius 2 is 1.61 bits per heavy atom. The van der Waals surface area contributed by atoms with E-state index < -0.39 is 17.8 Å². The lowest BCUT2D eigenvalue weighted by Crippen LogP contribution is -2.31. The summed E-state index contributed by atoms with van der Waals surface area (Å²) in [5, 5.41) is 9.73. The molecule has 1 unspecified atom stereocenters. The zero-order valence-corrected chi connectivity index (χ0v) is 10.6. The van der Waals surface area contributed by atoms with Crippen molar-refractivity contribution in [1.29, 1.82) is 0 Å². The molecule has 0 aliphatic rings. The van der Waals surface area contributed by atoms with E-state index in [9.17, 15) is 18.3 Å². The van der Waals surface area contributed by atoms with E-state index >= 15 is 0 Å². The standard InChI is InChI=1S/C13H17F3O2/c1-12(2,3)11(17)8-18-10-6-4-9(5-7-10)13(14,15)16/h4-7,11,17H,8H2,1-3H3. The Morgan fingerprint density at radius 1 is 1.11 bits per heavy atom. The van der Waals surface area contributed by atoms with Crippen molar-refractivity contribution in [3.05, 3.63) is 29.8 Å². The number of rotatable bonds is 3. The average Bonchev–Trinajstić information content (AvgIpc) is 2.24. The molecule has 1 atom stereocenters. The molecule has 0 amide bonds. The minimum absolute atomic E-state index is 0.0505. The molecule has 2 nitrogen and oxygen atoms in total. The zero-order valence-electron chi connectivity index (χ0n) is 10.6. The predicted octanol–water partition coefficient (Wildman–Crippen LogP) is 3.49. The third-order valence-electron chi connectivity index (χ3n) is 2.59. The number of benzene rings is 1. The summed E-state index contributed by atoms with van der Waals surface area (Å²) in [5.41, 5.74) is -1.04. The average molecular weight is 262 g/mol. The molecule has 0 aliphatic carbocycles. The third-order valence-corrected chi connectivity index (χ3v) is 2.59. The first-order valence-electron chi connectivity index (χ1n) is 5.59. The van der Waals surface area contributed by atoms with Crippen LogP contribution in [0, 0.1) is 5.41 Å². The van der Waals surface area contributed by atoms with Crippen molar-refractivity contribution in [2.24, 2.45) is 5.41 Å². The van der Waals surface area contributed by atoms with Gasteiger partial charge < -0.3 is 9.84 Å². The molecule has 1 N–H and O–H groups in total. The van der Waals surface area contributed by atoms with Gasteiger partial charge in [0, 0.05) is 0 Å². The van der Waals surface area contributed by atoms with Gasteiger partial charge in [0.2, 0.25) is 0 Å². The largest absolute Gasteiger partial charge is 0.491 e. The van der Waals surface area contributed by atoms with E-state index in [0.29, 0.717) is 5.75 Å². The van der Waals surface area contributed by atoms with Crippen molar-refractivity contribution in [1.82, 2.24) is 0 Å². The van der Waals surface area contributed by atoms with Gasteiger partial charge >= 0.3 is 6.18 Å². The van der Waals surface area contributed by atoms with Gasteiger partial charge in [0.1, 0.15) is 12.4 Å². The van der Waals surface area contributed by atoms with E-state index in [-0.39, 0.29) is 12.0 Å². The molecule has 102 valence electrons. The van der Waals surface area contributed by atoms with Crippen LogP contribution in [0.5, 0.6) is 5.75 Å². The minimum atomic E-state index is -4.34. The van der Waals surface area contributed by atoms with Gasteiger partial charge in [-0.2, -0.15) is 13.2 Å². The normalized spacial score (nSPS) is 14.4. The molecule has 0 radical (unpaired) electrons. The second-order valence-electron chi connectivity index (χ2n) is 5.21. The van der Waals surface area contributed by atoms with Gasteiger partial charge in [-0.3, -0.25) is 0 Å². The van der Waals surface area contributed by atoms with Crippen LogP contribution in [0.3, 0.4) is 0 Å². The van der Waals surface area contributed by atoms with Gasteiger partial charge in [-0.1, -0.05) is 20.8 Å². The third kappa shape index (κ3) is 4.22. The van der Waals surface area contributed by atoms with E-state index in [1.165, 1.54) is 12.1 Å². The summed E-state index contributed by atoms with van der Waals surface area (Å²) in [6, 6.07) is 4.41. The molecule has 5 heteroatoms. The molecule has 1 rings (SSSR count). The second kappa shape index (κ2) is 5.18. The highest BCUT2D eigenvalue weighted by Crippen LogP contribution is 2.30. The molecule has 1 aromatic carbocycles. The summed E-state index contributed by atoms with van der Waals surface area (Å²) in [5.74, 6) is 0.311. The monoisotopic (exact) mass is 262 g/mol. The summed E-state index contributed by atoms with van der Waals surface area (Å²) < 4.78 is 42.2. The van der Waals surface area contributed by atoms with E-state index in [2.05, 4.69) is 0 Å². The van der Waals surface area contributed by atoms with Crippen molar-refractivity contribution >= 4 is 0 Å². The molecule has 18 heavy (non-hydrogen) atoms. The number of alkyl halides is 3. The molecular formula is C13H17F3O2. The molecule has 0 saturated carbocycles. The second-order valence-corrected chi connectivity index (χ2v) is 5.21. The first-order valence-corrected chi connectivity index (χ1v) is 5.59. The molecule has 0 spiro atoms. The van der Waals surface area contributed by atoms with Gasteiger partial charge in [-0.25, -0.2) is 0 Å². The van der Waals surface area contributed by atoms with Crippen LogP contribution >= 0.6 is 0 Å². The highest BCUT2D eigenvalue weighted by molar-refractivity contribution is 5.28. The van der Waals surface area contributed by atoms with Crippen molar-refractivity contribution in [3.8, 4) is 5.75 Å². The van der Waals surface area contributed by atoms with Gasteiger partial charge in [-0.15, -0.1) is 0 Å². The quantitative estimate of drug-likeness (QED) is 0.903. The van der Waals surface area contributed by atoms with E-state index in [1.54, 1.807) is 0 Å². The van der Waals surface area contributed by atoms with Crippen molar-refractivity contribution in [2.45, 2.75) is 33.1 Å². The summed E-state index contributed by atoms with van der Waals surface area (Å²) in [6.07, 6.45) is -5.02. The Morgan fingerprint density at radius 3 is 2.00 bits per heavy atom. The van der Waals surface area contributed by atoms with Gasteiger partial charge in [-0.05, 0) is 29.7 Å². The van der Waals surface area contributed by atoms with Gasteiger partial charge in [0.05, 0.1) is 11.7 Å². The fourth-order valence-electron chi connectivity index (χ4n) is 1.17. The van der Waals surface area contributed by atoms with Crippen LogP contribution in [0.25, 0.3) is 0 Å². The Hall–Kier alpha value is -1.23. The van der Waals surface area contributed by atoms with Crippen LogP contribution < -0.4 is 4.74 Å². The smallest absolute Gasteiger partial charge is 0.416 e. The number of hydrogen-bond donors (Lipinski definition) is 1. The van der Waals surface area contributed by atoms with E-state index in [1.807, 2.05) is 20.8 Å². The van der Waals surface area contributed by atoms with Crippen LogP contribution in [0.4, 0.5) is 13.2 Å². The number of aliphatic hydroxyl groups is 1. The molecule has 1 aromatic rings. The lowest BCUT2D eigenvalue weighted by molar-refractivity contribution is -0.137. The fraction of sp³-hybridized carbons (Fsp3) is 0.538. The molecule has 0 aromatic heterocycles. The maximum atomic E-state index is 12.3. The van der Waals surface area contributed by atoms with Gasteiger partial charge in [0.15, 0.2) is 0 Å². The van der Waals surface area contributed by atoms with Crippen molar-refractivity contribution in [3.63, 3.8) is 0 Å². The fourth-order valence-corrected chi connectivity index (χ4v) is 1.17. The molecule has 0 saturated heterocycles. The summed E-state index contributed by atoms with van der Waals surface area (Å²) in [7, 11) is 0. The lowest BCUT2D eigenvalue weighted by atomic mass is 9.90. The number of ether oxygens (including phenoxy) is 1. The topological polar surface area (TPSA) is 29.5 Å². The summed E-state index contributed by atoms with van der Waals surface area (Å²) >= 11 is 0. The highest BCUT2D eigenvalue weighted by Gasteiger charge is 2.30. The summed E-state index contributed by atoms with van der Waals surface area (Å²) in [4.78, 5) is 0. The van der Waals surface area contributed by atoms with Crippen molar-refractivity contribution < 1.29 is 23.0 Å². The molecule has 0 fully saturated rings. The molecule has 0 aliphatic heterocycles. The van der Waals surface area contributed by atoms with Crippen LogP contribution in [-0.4, -0.2) is 17.8 Å². The van der Waals surface area contributed by atoms with Crippen LogP contribution in [-0.2, 0) is 6.18 Å². The minimum Gasteiger partial charge on any atom is -0.491 e. The highest BCUT2D eigenvalue weighted by atomic mass is 19.4. The number of aliphatic hydroxyl groups excluding tert-OH is 1. The van der Waals surface area contributed by atoms with E-state index in [0.717, 1.165) is 12.1 Å².